The molecule has 0 heterocycles. The Bertz CT molecular complexity index is 419. The van der Waals surface area contributed by atoms with Crippen LogP contribution in [0.2, 0.25) is 0 Å². The van der Waals surface area contributed by atoms with Gasteiger partial charge in [0.1, 0.15) is 5.75 Å². The van der Waals surface area contributed by atoms with E-state index >= 15 is 0 Å². The fourth-order valence-electron chi connectivity index (χ4n) is 1.68. The molecule has 0 aromatic heterocycles. The number of urea groups is 1. The highest BCUT2D eigenvalue weighted by molar-refractivity contribution is 5.91. The zero-order valence-corrected chi connectivity index (χ0v) is 12.1. The van der Waals surface area contributed by atoms with Crippen LogP contribution in [0.5, 0.6) is 5.75 Å². The highest BCUT2D eigenvalue weighted by Gasteiger charge is 2.07. The molecule has 0 bridgehead atoms. The van der Waals surface area contributed by atoms with Gasteiger partial charge in [0.2, 0.25) is 0 Å². The first-order valence-electron chi connectivity index (χ1n) is 6.37. The van der Waals surface area contributed by atoms with E-state index in [1.54, 1.807) is 7.11 Å². The molecule has 1 aromatic carbocycles. The minimum atomic E-state index is -0.206. The van der Waals surface area contributed by atoms with Gasteiger partial charge in [-0.3, -0.25) is 0 Å². The van der Waals surface area contributed by atoms with Crippen LogP contribution in [-0.2, 0) is 0 Å². The monoisotopic (exact) mass is 265 g/mol. The number of carbonyl (C=O) groups excluding carboxylic acids is 1. The van der Waals surface area contributed by atoms with Gasteiger partial charge in [-0.15, -0.1) is 0 Å². The van der Waals surface area contributed by atoms with Gasteiger partial charge in [0.05, 0.1) is 12.8 Å². The molecule has 1 rings (SSSR count). The van der Waals surface area contributed by atoms with Crippen LogP contribution in [0, 0.1) is 6.92 Å². The van der Waals surface area contributed by atoms with Crippen molar-refractivity contribution < 1.29 is 9.53 Å². The third-order valence-corrected chi connectivity index (χ3v) is 2.67. The molecule has 5 heteroatoms. The summed E-state index contributed by atoms with van der Waals surface area (Å²) in [5.74, 6) is 0.661. The van der Waals surface area contributed by atoms with Crippen molar-refractivity contribution in [3.05, 3.63) is 23.8 Å². The van der Waals surface area contributed by atoms with Crippen LogP contribution in [-0.4, -0.2) is 45.2 Å². The van der Waals surface area contributed by atoms with Gasteiger partial charge >= 0.3 is 6.03 Å². The van der Waals surface area contributed by atoms with Gasteiger partial charge in [-0.2, -0.15) is 0 Å². The summed E-state index contributed by atoms with van der Waals surface area (Å²) >= 11 is 0. The molecule has 2 amide bonds. The van der Waals surface area contributed by atoms with E-state index in [-0.39, 0.29) is 6.03 Å². The topological polar surface area (TPSA) is 53.6 Å². The lowest BCUT2D eigenvalue weighted by Gasteiger charge is -2.13. The van der Waals surface area contributed by atoms with Gasteiger partial charge in [0.25, 0.3) is 0 Å². The summed E-state index contributed by atoms with van der Waals surface area (Å²) in [7, 11) is 5.61. The van der Waals surface area contributed by atoms with E-state index in [4.69, 9.17) is 4.74 Å². The predicted octanol–water partition coefficient (Wildman–Crippen LogP) is 2.08. The molecule has 0 saturated carbocycles. The number of ether oxygens (including phenoxy) is 1. The maximum Gasteiger partial charge on any atom is 0.319 e. The van der Waals surface area contributed by atoms with Crippen molar-refractivity contribution in [2.24, 2.45) is 0 Å². The number of nitrogens with one attached hydrogen (secondary N) is 2. The quantitative estimate of drug-likeness (QED) is 0.774. The van der Waals surface area contributed by atoms with Gasteiger partial charge in [0.15, 0.2) is 0 Å². The highest BCUT2D eigenvalue weighted by atomic mass is 16.5. The van der Waals surface area contributed by atoms with E-state index in [0.717, 1.165) is 18.5 Å². The molecule has 2 N–H and O–H groups in total. The van der Waals surface area contributed by atoms with Crippen LogP contribution < -0.4 is 15.4 Å². The molecule has 0 aliphatic heterocycles. The fourth-order valence-corrected chi connectivity index (χ4v) is 1.68. The molecule has 0 radical (unpaired) electrons. The van der Waals surface area contributed by atoms with Crippen LogP contribution in [0.15, 0.2) is 18.2 Å². The Morgan fingerprint density at radius 2 is 2.11 bits per heavy atom. The number of anilines is 1. The summed E-state index contributed by atoms with van der Waals surface area (Å²) in [5.41, 5.74) is 1.76. The van der Waals surface area contributed by atoms with E-state index in [1.807, 2.05) is 39.2 Å². The molecule has 0 aliphatic rings. The van der Waals surface area contributed by atoms with Gasteiger partial charge in [-0.25, -0.2) is 4.79 Å². The molecule has 5 nitrogen and oxygen atoms in total. The Balaban J connectivity index is 2.45. The predicted molar refractivity (Wildman–Crippen MR) is 77.9 cm³/mol. The van der Waals surface area contributed by atoms with E-state index in [1.165, 1.54) is 0 Å². The Hall–Kier alpha value is -1.75. The zero-order valence-electron chi connectivity index (χ0n) is 12.1. The van der Waals surface area contributed by atoms with Gasteiger partial charge in [-0.1, -0.05) is 6.07 Å². The Kier molecular flexibility index (Phi) is 6.15. The standard InChI is InChI=1S/C14H23N3O2/c1-11-6-7-13(19-4)12(10-11)16-14(18)15-8-5-9-17(2)3/h6-7,10H,5,8-9H2,1-4H3,(H2,15,16,18). The number of nitrogens with zero attached hydrogens (tertiary/aromatic N) is 1. The van der Waals surface area contributed by atoms with E-state index in [2.05, 4.69) is 15.5 Å². The van der Waals surface area contributed by atoms with Crippen molar-refractivity contribution in [1.82, 2.24) is 10.2 Å². The van der Waals surface area contributed by atoms with Crippen LogP contribution in [0.3, 0.4) is 0 Å². The second kappa shape index (κ2) is 7.63. The summed E-state index contributed by atoms with van der Waals surface area (Å²) in [6, 6.07) is 5.47. The number of hydrogen-bond acceptors (Lipinski definition) is 3. The number of benzene rings is 1. The van der Waals surface area contributed by atoms with Crippen molar-refractivity contribution >= 4 is 11.7 Å². The van der Waals surface area contributed by atoms with Gasteiger partial charge < -0.3 is 20.3 Å². The van der Waals surface area contributed by atoms with E-state index < -0.39 is 0 Å². The third kappa shape index (κ3) is 5.61. The van der Waals surface area contributed by atoms with E-state index in [0.29, 0.717) is 18.0 Å². The Morgan fingerprint density at radius 1 is 1.37 bits per heavy atom. The lowest BCUT2D eigenvalue weighted by molar-refractivity contribution is 0.251. The lowest BCUT2D eigenvalue weighted by atomic mass is 10.2. The molecular weight excluding hydrogens is 242 g/mol. The molecule has 19 heavy (non-hydrogen) atoms. The van der Waals surface area contributed by atoms with Gasteiger partial charge in [0, 0.05) is 6.54 Å². The molecule has 0 saturated heterocycles. The molecule has 0 fully saturated rings. The van der Waals surface area contributed by atoms with Crippen molar-refractivity contribution in [2.75, 3.05) is 39.6 Å². The Morgan fingerprint density at radius 3 is 2.74 bits per heavy atom. The molecule has 106 valence electrons. The smallest absolute Gasteiger partial charge is 0.319 e. The maximum absolute atomic E-state index is 11.7. The molecular formula is C14H23N3O2. The summed E-state index contributed by atoms with van der Waals surface area (Å²) in [6.45, 7) is 3.58. The molecule has 0 unspecified atom stereocenters. The Labute approximate surface area is 114 Å². The first kappa shape index (κ1) is 15.3. The number of carbonyl (C=O) groups is 1. The van der Waals surface area contributed by atoms with Gasteiger partial charge in [-0.05, 0) is 51.7 Å². The SMILES string of the molecule is COc1ccc(C)cc1NC(=O)NCCCN(C)C. The van der Waals surface area contributed by atoms with Crippen molar-refractivity contribution in [3.63, 3.8) is 0 Å². The van der Waals surface area contributed by atoms with Crippen molar-refractivity contribution in [2.45, 2.75) is 13.3 Å². The normalized spacial score (nSPS) is 10.4. The minimum Gasteiger partial charge on any atom is -0.495 e. The summed E-state index contributed by atoms with van der Waals surface area (Å²) in [4.78, 5) is 13.8. The zero-order chi connectivity index (χ0) is 14.3. The molecule has 0 spiro atoms. The molecule has 1 aromatic rings. The second-order valence-corrected chi connectivity index (χ2v) is 4.74. The average Bonchev–Trinajstić information content (AvgIpc) is 2.35. The number of aryl methyl sites for hydroxylation is 1. The molecule has 0 atom stereocenters. The summed E-state index contributed by atoms with van der Waals surface area (Å²) in [5, 5.41) is 5.63. The number of amides is 2. The van der Waals surface area contributed by atoms with Crippen LogP contribution in [0.25, 0.3) is 0 Å². The number of methoxy groups -OCH3 is 1. The highest BCUT2D eigenvalue weighted by Crippen LogP contribution is 2.24. The minimum absolute atomic E-state index is 0.206. The summed E-state index contributed by atoms with van der Waals surface area (Å²) < 4.78 is 5.21. The second-order valence-electron chi connectivity index (χ2n) is 4.74. The third-order valence-electron chi connectivity index (χ3n) is 2.67. The van der Waals surface area contributed by atoms with Crippen LogP contribution in [0.1, 0.15) is 12.0 Å². The van der Waals surface area contributed by atoms with Crippen LogP contribution in [0.4, 0.5) is 10.5 Å². The first-order chi connectivity index (χ1) is 9.02. The van der Waals surface area contributed by atoms with Crippen molar-refractivity contribution in [3.8, 4) is 5.75 Å². The fraction of sp³-hybridized carbons (Fsp3) is 0.500. The largest absolute Gasteiger partial charge is 0.495 e. The lowest BCUT2D eigenvalue weighted by Crippen LogP contribution is -2.31. The number of rotatable bonds is 6. The van der Waals surface area contributed by atoms with Crippen molar-refractivity contribution in [1.29, 1.82) is 0 Å². The number of hydrogen-bond donors (Lipinski definition) is 2. The average molecular weight is 265 g/mol. The maximum atomic E-state index is 11.7. The van der Waals surface area contributed by atoms with E-state index in [9.17, 15) is 4.79 Å². The van der Waals surface area contributed by atoms with Crippen LogP contribution >= 0.6 is 0 Å². The first-order valence-corrected chi connectivity index (χ1v) is 6.37. The summed E-state index contributed by atoms with van der Waals surface area (Å²) in [6.07, 6.45) is 0.922. The molecule has 0 aliphatic carbocycles.